The van der Waals surface area contributed by atoms with Crippen LogP contribution in [0, 0.1) is 0 Å². The second-order valence-electron chi connectivity index (χ2n) is 2.48. The molecule has 7 heteroatoms. The maximum atomic E-state index is 12.5. The Kier molecular flexibility index (Phi) is 2.91. The molecule has 14 heavy (non-hydrogen) atoms. The number of benzene rings is 1. The van der Waals surface area contributed by atoms with Crippen LogP contribution in [-0.4, -0.2) is 14.3 Å². The van der Waals surface area contributed by atoms with E-state index >= 15 is 0 Å². The second kappa shape index (κ2) is 3.66. The molecule has 0 saturated heterocycles. The molecule has 0 aliphatic rings. The molecule has 76 valence electrons. The van der Waals surface area contributed by atoms with Gasteiger partial charge in [-0.05, 0) is 18.2 Å². The fourth-order valence-corrected chi connectivity index (χ4v) is 2.03. The van der Waals surface area contributed by atoms with Gasteiger partial charge in [-0.3, -0.25) is 4.79 Å². The normalized spacial score (nSPS) is 11.3. The minimum Gasteiger partial charge on any atom is -0.366 e. The minimum absolute atomic E-state index is 0.0735. The average molecular weight is 282 g/mol. The highest BCUT2D eigenvalue weighted by Crippen LogP contribution is 2.20. The van der Waals surface area contributed by atoms with Crippen LogP contribution in [0.4, 0.5) is 3.89 Å². The van der Waals surface area contributed by atoms with Crippen molar-refractivity contribution in [3.8, 4) is 0 Å². The van der Waals surface area contributed by atoms with Crippen LogP contribution in [0.2, 0.25) is 0 Å². The van der Waals surface area contributed by atoms with Gasteiger partial charge in [-0.25, -0.2) is 0 Å². The van der Waals surface area contributed by atoms with Gasteiger partial charge < -0.3 is 5.73 Å². The van der Waals surface area contributed by atoms with Crippen LogP contribution in [0.15, 0.2) is 27.6 Å². The molecule has 4 nitrogen and oxygen atoms in total. The fourth-order valence-electron chi connectivity index (χ4n) is 0.846. The summed E-state index contributed by atoms with van der Waals surface area (Å²) in [6.45, 7) is 0. The van der Waals surface area contributed by atoms with Gasteiger partial charge in [-0.1, -0.05) is 15.9 Å². The van der Waals surface area contributed by atoms with Gasteiger partial charge in [0.2, 0.25) is 5.91 Å². The average Bonchev–Trinajstić information content (AvgIpc) is 2.01. The molecule has 2 N–H and O–H groups in total. The summed E-state index contributed by atoms with van der Waals surface area (Å²) in [5.41, 5.74) is 4.84. The summed E-state index contributed by atoms with van der Waals surface area (Å²) < 4.78 is 33.9. The Hall–Kier alpha value is -0.950. The van der Waals surface area contributed by atoms with E-state index in [-0.39, 0.29) is 10.0 Å². The SMILES string of the molecule is NC(=O)c1cc(Br)cc(S(=O)(=O)F)c1. The number of primary amides is 1. The van der Waals surface area contributed by atoms with Crippen molar-refractivity contribution in [2.75, 3.05) is 0 Å². The molecule has 0 atom stereocenters. The van der Waals surface area contributed by atoms with Crippen LogP contribution < -0.4 is 5.73 Å². The summed E-state index contributed by atoms with van der Waals surface area (Å²) in [6, 6.07) is 3.22. The molecule has 0 bridgehead atoms. The monoisotopic (exact) mass is 281 g/mol. The van der Waals surface area contributed by atoms with Crippen LogP contribution in [0.3, 0.4) is 0 Å². The third-order valence-electron chi connectivity index (χ3n) is 1.44. The molecular weight excluding hydrogens is 277 g/mol. The van der Waals surface area contributed by atoms with Crippen LogP contribution in [0.1, 0.15) is 10.4 Å². The predicted molar refractivity (Wildman–Crippen MR) is 51.0 cm³/mol. The standard InChI is InChI=1S/C7H5BrFNO3S/c8-5-1-4(7(10)11)2-6(3-5)14(9,12)13/h1-3H,(H2,10,11). The van der Waals surface area contributed by atoms with E-state index in [4.69, 9.17) is 5.73 Å². The predicted octanol–water partition coefficient (Wildman–Crippen LogP) is 1.21. The van der Waals surface area contributed by atoms with Gasteiger partial charge >= 0.3 is 10.2 Å². The summed E-state index contributed by atoms with van der Waals surface area (Å²) in [5, 5.41) is 0. The summed E-state index contributed by atoms with van der Waals surface area (Å²) in [4.78, 5) is 10.1. The summed E-state index contributed by atoms with van der Waals surface area (Å²) in [6.07, 6.45) is 0. The molecule has 0 spiro atoms. The first kappa shape index (κ1) is 11.1. The smallest absolute Gasteiger partial charge is 0.332 e. The molecule has 1 aromatic rings. The maximum absolute atomic E-state index is 12.5. The quantitative estimate of drug-likeness (QED) is 0.828. The van der Waals surface area contributed by atoms with Crippen molar-refractivity contribution in [1.82, 2.24) is 0 Å². The van der Waals surface area contributed by atoms with E-state index in [0.717, 1.165) is 12.1 Å². The zero-order valence-electron chi connectivity index (χ0n) is 6.70. The zero-order chi connectivity index (χ0) is 10.9. The van der Waals surface area contributed by atoms with Gasteiger partial charge in [0.25, 0.3) is 0 Å². The highest BCUT2D eigenvalue weighted by molar-refractivity contribution is 9.10. The zero-order valence-corrected chi connectivity index (χ0v) is 9.10. The second-order valence-corrected chi connectivity index (χ2v) is 4.74. The molecule has 0 saturated carbocycles. The molecule has 0 aliphatic carbocycles. The number of hydrogen-bond acceptors (Lipinski definition) is 3. The van der Waals surface area contributed by atoms with Crippen molar-refractivity contribution in [1.29, 1.82) is 0 Å². The van der Waals surface area contributed by atoms with Gasteiger partial charge in [-0.15, -0.1) is 3.89 Å². The van der Waals surface area contributed by atoms with Crippen molar-refractivity contribution in [3.63, 3.8) is 0 Å². The van der Waals surface area contributed by atoms with Gasteiger partial charge in [0, 0.05) is 10.0 Å². The van der Waals surface area contributed by atoms with E-state index in [9.17, 15) is 17.1 Å². The van der Waals surface area contributed by atoms with E-state index in [1.165, 1.54) is 6.07 Å². The lowest BCUT2D eigenvalue weighted by molar-refractivity contribution is 0.1000. The van der Waals surface area contributed by atoms with Gasteiger partial charge in [0.05, 0.1) is 0 Å². The molecule has 0 aromatic heterocycles. The lowest BCUT2D eigenvalue weighted by Crippen LogP contribution is -2.11. The van der Waals surface area contributed by atoms with E-state index in [0.29, 0.717) is 0 Å². The molecule has 1 amide bonds. The topological polar surface area (TPSA) is 77.2 Å². The van der Waals surface area contributed by atoms with Crippen molar-refractivity contribution >= 4 is 32.1 Å². The summed E-state index contributed by atoms with van der Waals surface area (Å²) in [5.74, 6) is -0.823. The Morgan fingerprint density at radius 2 is 1.93 bits per heavy atom. The number of hydrogen-bond donors (Lipinski definition) is 1. The molecule has 1 aromatic carbocycles. The lowest BCUT2D eigenvalue weighted by Gasteiger charge is -2.00. The Morgan fingerprint density at radius 3 is 2.36 bits per heavy atom. The van der Waals surface area contributed by atoms with Gasteiger partial charge in [0.15, 0.2) is 0 Å². The summed E-state index contributed by atoms with van der Waals surface area (Å²) in [7, 11) is -4.82. The Morgan fingerprint density at radius 1 is 1.36 bits per heavy atom. The van der Waals surface area contributed by atoms with Gasteiger partial charge in [0.1, 0.15) is 4.90 Å². The van der Waals surface area contributed by atoms with E-state index in [1.807, 2.05) is 0 Å². The van der Waals surface area contributed by atoms with Crippen molar-refractivity contribution in [3.05, 3.63) is 28.2 Å². The molecule has 0 radical (unpaired) electrons. The Balaban J connectivity index is 3.43. The van der Waals surface area contributed by atoms with Gasteiger partial charge in [-0.2, -0.15) is 8.42 Å². The van der Waals surface area contributed by atoms with Crippen molar-refractivity contribution in [2.45, 2.75) is 4.90 Å². The molecule has 0 aliphatic heterocycles. The first-order chi connectivity index (χ1) is 6.30. The maximum Gasteiger partial charge on any atom is 0.332 e. The number of carbonyl (C=O) groups excluding carboxylic acids is 1. The molecule has 1 rings (SSSR count). The molecule has 0 fully saturated rings. The highest BCUT2D eigenvalue weighted by atomic mass is 79.9. The number of carbonyl (C=O) groups is 1. The Bertz CT molecular complexity index is 486. The lowest BCUT2D eigenvalue weighted by atomic mass is 10.2. The highest BCUT2D eigenvalue weighted by Gasteiger charge is 2.15. The van der Waals surface area contributed by atoms with Crippen LogP contribution >= 0.6 is 15.9 Å². The third kappa shape index (κ3) is 2.52. The first-order valence-corrected chi connectivity index (χ1v) is 5.53. The number of nitrogens with two attached hydrogens (primary N) is 1. The minimum atomic E-state index is -4.82. The van der Waals surface area contributed by atoms with Crippen molar-refractivity contribution < 1.29 is 17.1 Å². The summed E-state index contributed by atoms with van der Waals surface area (Å²) >= 11 is 2.93. The van der Waals surface area contributed by atoms with E-state index < -0.39 is 21.0 Å². The van der Waals surface area contributed by atoms with Crippen LogP contribution in [0.5, 0.6) is 0 Å². The first-order valence-electron chi connectivity index (χ1n) is 3.36. The largest absolute Gasteiger partial charge is 0.366 e. The van der Waals surface area contributed by atoms with Crippen molar-refractivity contribution in [2.24, 2.45) is 5.73 Å². The van der Waals surface area contributed by atoms with E-state index in [2.05, 4.69) is 15.9 Å². The number of halogens is 2. The third-order valence-corrected chi connectivity index (χ3v) is 2.69. The molecule has 0 heterocycles. The fraction of sp³-hybridized carbons (Fsp3) is 0. The van der Waals surface area contributed by atoms with Crippen LogP contribution in [0.25, 0.3) is 0 Å². The number of rotatable bonds is 2. The number of amides is 1. The molecule has 0 unspecified atom stereocenters. The Labute approximate surface area is 88.3 Å². The molecular formula is C7H5BrFNO3S. The van der Waals surface area contributed by atoms with E-state index in [1.54, 1.807) is 0 Å². The van der Waals surface area contributed by atoms with Crippen LogP contribution in [-0.2, 0) is 10.2 Å².